The molecule has 0 aliphatic carbocycles. The van der Waals surface area contributed by atoms with Crippen LogP contribution in [0.2, 0.25) is 0 Å². The number of rotatable bonds is 7. The first-order valence-corrected chi connectivity index (χ1v) is 6.75. The number of unbranched alkanes of at least 4 members (excludes halogenated alkanes) is 2. The van der Waals surface area contributed by atoms with Crippen molar-refractivity contribution in [3.63, 3.8) is 0 Å². The van der Waals surface area contributed by atoms with Gasteiger partial charge in [0, 0.05) is 4.90 Å². The number of benzene rings is 1. The van der Waals surface area contributed by atoms with E-state index in [1.165, 1.54) is 0 Å². The van der Waals surface area contributed by atoms with E-state index in [0.29, 0.717) is 4.90 Å². The Morgan fingerprint density at radius 1 is 1.24 bits per heavy atom. The molecule has 2 heteroatoms. The van der Waals surface area contributed by atoms with E-state index in [1.54, 1.807) is 0 Å². The van der Waals surface area contributed by atoms with Crippen LogP contribution in [0.3, 0.4) is 0 Å². The highest BCUT2D eigenvalue weighted by atomic mass is 32.1. The minimum atomic E-state index is -0.127. The number of hydrogen-bond acceptors (Lipinski definition) is 1. The first-order chi connectivity index (χ1) is 8.20. The van der Waals surface area contributed by atoms with Gasteiger partial charge in [-0.15, -0.1) is 19.2 Å². The van der Waals surface area contributed by atoms with Crippen molar-refractivity contribution in [1.82, 2.24) is 0 Å². The third kappa shape index (κ3) is 4.19. The van der Waals surface area contributed by atoms with E-state index in [1.807, 2.05) is 18.2 Å². The molecule has 0 radical (unpaired) electrons. The molecule has 0 aromatic heterocycles. The van der Waals surface area contributed by atoms with Gasteiger partial charge in [0.05, 0.1) is 0 Å². The summed E-state index contributed by atoms with van der Waals surface area (Å²) in [7, 11) is 0. The lowest BCUT2D eigenvalue weighted by Gasteiger charge is -2.09. The molecule has 0 unspecified atom stereocenters. The molecule has 0 fully saturated rings. The predicted octanol–water partition coefficient (Wildman–Crippen LogP) is 4.97. The fourth-order valence-electron chi connectivity index (χ4n) is 1.91. The Bertz CT molecular complexity index is 371. The average molecular weight is 252 g/mol. The van der Waals surface area contributed by atoms with Crippen molar-refractivity contribution in [2.24, 2.45) is 0 Å². The van der Waals surface area contributed by atoms with Gasteiger partial charge in [-0.2, -0.15) is 0 Å². The minimum Gasteiger partial charge on any atom is -0.205 e. The van der Waals surface area contributed by atoms with Crippen LogP contribution in [0.4, 0.5) is 4.39 Å². The fraction of sp³-hybridized carbons (Fsp3) is 0.467. The predicted molar refractivity (Wildman–Crippen MR) is 75.4 cm³/mol. The molecular weight excluding hydrogens is 231 g/mol. The van der Waals surface area contributed by atoms with Crippen LogP contribution >= 0.6 is 12.6 Å². The molecule has 0 nitrogen and oxygen atoms in total. The molecule has 1 rings (SSSR count). The first kappa shape index (κ1) is 14.3. The molecule has 1 aromatic rings. The van der Waals surface area contributed by atoms with Crippen molar-refractivity contribution >= 4 is 12.6 Å². The molecule has 0 aliphatic heterocycles. The molecule has 0 saturated carbocycles. The van der Waals surface area contributed by atoms with E-state index in [9.17, 15) is 4.39 Å². The second-order valence-corrected chi connectivity index (χ2v) is 4.78. The molecule has 0 bridgehead atoms. The van der Waals surface area contributed by atoms with Crippen molar-refractivity contribution < 1.29 is 4.39 Å². The Morgan fingerprint density at radius 3 is 2.59 bits per heavy atom. The van der Waals surface area contributed by atoms with Crippen molar-refractivity contribution in [3.8, 4) is 0 Å². The summed E-state index contributed by atoms with van der Waals surface area (Å²) in [5, 5.41) is 0. The molecule has 17 heavy (non-hydrogen) atoms. The van der Waals surface area contributed by atoms with Gasteiger partial charge < -0.3 is 0 Å². The van der Waals surface area contributed by atoms with Crippen LogP contribution in [0.25, 0.3) is 0 Å². The summed E-state index contributed by atoms with van der Waals surface area (Å²) < 4.78 is 14.0. The van der Waals surface area contributed by atoms with Crippen LogP contribution in [-0.4, -0.2) is 0 Å². The van der Waals surface area contributed by atoms with Gasteiger partial charge in [0.15, 0.2) is 0 Å². The van der Waals surface area contributed by atoms with E-state index < -0.39 is 0 Å². The summed E-state index contributed by atoms with van der Waals surface area (Å²) in [4.78, 5) is 0.535. The number of hydrogen-bond donors (Lipinski definition) is 1. The SMILES string of the molecule is C=CCCCCc1ccc(CCC)c(S)c1F. The molecule has 0 heterocycles. The van der Waals surface area contributed by atoms with Gasteiger partial charge in [-0.1, -0.05) is 31.6 Å². The zero-order valence-electron chi connectivity index (χ0n) is 10.5. The van der Waals surface area contributed by atoms with Crippen LogP contribution in [0.1, 0.15) is 43.7 Å². The Kier molecular flexibility index (Phi) is 6.35. The highest BCUT2D eigenvalue weighted by Crippen LogP contribution is 2.24. The summed E-state index contributed by atoms with van der Waals surface area (Å²) in [6, 6.07) is 3.92. The topological polar surface area (TPSA) is 0 Å². The lowest BCUT2D eigenvalue weighted by molar-refractivity contribution is 0.572. The summed E-state index contributed by atoms with van der Waals surface area (Å²) in [6.07, 6.45) is 7.69. The number of halogens is 1. The number of allylic oxidation sites excluding steroid dienone is 1. The van der Waals surface area contributed by atoms with Gasteiger partial charge in [0.2, 0.25) is 0 Å². The maximum Gasteiger partial charge on any atom is 0.139 e. The van der Waals surface area contributed by atoms with Crippen LogP contribution in [0.15, 0.2) is 29.7 Å². The minimum absolute atomic E-state index is 0.127. The molecule has 0 amide bonds. The molecule has 94 valence electrons. The number of aryl methyl sites for hydroxylation is 2. The normalized spacial score (nSPS) is 10.5. The molecule has 0 spiro atoms. The third-order valence-corrected chi connectivity index (χ3v) is 3.39. The lowest BCUT2D eigenvalue weighted by atomic mass is 10.0. The van der Waals surface area contributed by atoms with Crippen molar-refractivity contribution in [2.75, 3.05) is 0 Å². The zero-order chi connectivity index (χ0) is 12.7. The monoisotopic (exact) mass is 252 g/mol. The molecule has 1 aromatic carbocycles. The Hall–Kier alpha value is -0.760. The Balaban J connectivity index is 2.67. The van der Waals surface area contributed by atoms with Crippen LogP contribution in [0, 0.1) is 5.82 Å². The van der Waals surface area contributed by atoms with Crippen molar-refractivity contribution in [3.05, 3.63) is 41.7 Å². The molecule has 0 aliphatic rings. The molecule has 0 saturated heterocycles. The van der Waals surface area contributed by atoms with Gasteiger partial charge in [-0.05, 0) is 43.2 Å². The summed E-state index contributed by atoms with van der Waals surface area (Å²) in [5.41, 5.74) is 1.81. The van der Waals surface area contributed by atoms with Crippen LogP contribution in [-0.2, 0) is 12.8 Å². The molecule has 0 atom stereocenters. The van der Waals surface area contributed by atoms with Crippen LogP contribution in [0.5, 0.6) is 0 Å². The second kappa shape index (κ2) is 7.54. The van der Waals surface area contributed by atoms with Crippen molar-refractivity contribution in [1.29, 1.82) is 0 Å². The van der Waals surface area contributed by atoms with Crippen molar-refractivity contribution in [2.45, 2.75) is 50.3 Å². The highest BCUT2D eigenvalue weighted by molar-refractivity contribution is 7.80. The van der Waals surface area contributed by atoms with Crippen LogP contribution < -0.4 is 0 Å². The van der Waals surface area contributed by atoms with Gasteiger partial charge in [0.1, 0.15) is 5.82 Å². The lowest BCUT2D eigenvalue weighted by Crippen LogP contribution is -1.97. The van der Waals surface area contributed by atoms with Gasteiger partial charge >= 0.3 is 0 Å². The summed E-state index contributed by atoms with van der Waals surface area (Å²) in [5.74, 6) is -0.127. The quantitative estimate of drug-likeness (QED) is 0.395. The Labute approximate surface area is 109 Å². The molecular formula is C15H21FS. The number of thiol groups is 1. The zero-order valence-corrected chi connectivity index (χ0v) is 11.4. The van der Waals surface area contributed by atoms with E-state index >= 15 is 0 Å². The Morgan fingerprint density at radius 2 is 1.94 bits per heavy atom. The van der Waals surface area contributed by atoms with Gasteiger partial charge in [0.25, 0.3) is 0 Å². The first-order valence-electron chi connectivity index (χ1n) is 6.30. The largest absolute Gasteiger partial charge is 0.205 e. The standard InChI is InChI=1S/C15H21FS/c1-3-5-6-7-9-12-10-11-13(8-4-2)15(17)14(12)16/h3,10-11,17H,1,4-9H2,2H3. The fourth-order valence-corrected chi connectivity index (χ4v) is 2.24. The molecule has 0 N–H and O–H groups in total. The third-order valence-electron chi connectivity index (χ3n) is 2.90. The van der Waals surface area contributed by atoms with E-state index in [0.717, 1.165) is 49.7 Å². The second-order valence-electron chi connectivity index (χ2n) is 4.33. The average Bonchev–Trinajstić information content (AvgIpc) is 2.33. The van der Waals surface area contributed by atoms with E-state index in [2.05, 4.69) is 26.1 Å². The highest BCUT2D eigenvalue weighted by Gasteiger charge is 2.09. The van der Waals surface area contributed by atoms with E-state index in [4.69, 9.17) is 0 Å². The maximum atomic E-state index is 14.0. The van der Waals surface area contributed by atoms with Gasteiger partial charge in [-0.3, -0.25) is 0 Å². The smallest absolute Gasteiger partial charge is 0.139 e. The summed E-state index contributed by atoms with van der Waals surface area (Å²) >= 11 is 4.29. The van der Waals surface area contributed by atoms with Gasteiger partial charge in [-0.25, -0.2) is 4.39 Å². The van der Waals surface area contributed by atoms with E-state index in [-0.39, 0.29) is 5.82 Å². The summed E-state index contributed by atoms with van der Waals surface area (Å²) in [6.45, 7) is 5.77. The maximum absolute atomic E-state index is 14.0.